The molecule has 0 radical (unpaired) electrons. The molecule has 4 aliphatic rings. The summed E-state index contributed by atoms with van der Waals surface area (Å²) in [6.45, 7) is 8.82. The van der Waals surface area contributed by atoms with E-state index in [1.807, 2.05) is 20.8 Å². The number of hydrogen-bond acceptors (Lipinski definition) is 5. The quantitative estimate of drug-likeness (QED) is 0.676. The fraction of sp³-hybridized carbons (Fsp3) is 0.800. The number of aliphatic hydroxyl groups excluding tert-OH is 1. The minimum atomic E-state index is -1.87. The third kappa shape index (κ3) is 2.60. The molecule has 31 heavy (non-hydrogen) atoms. The van der Waals surface area contributed by atoms with Gasteiger partial charge in [-0.25, -0.2) is 4.39 Å². The predicted octanol–water partition coefficient (Wildman–Crippen LogP) is 4.11. The summed E-state index contributed by atoms with van der Waals surface area (Å²) in [5.41, 5.74) is -4.15. The van der Waals surface area contributed by atoms with Gasteiger partial charge in [0.05, 0.1) is 6.10 Å². The summed E-state index contributed by atoms with van der Waals surface area (Å²) in [5, 5.41) is 11.4. The zero-order valence-electron chi connectivity index (χ0n) is 19.3. The number of ether oxygens (including phenoxy) is 1. The first-order chi connectivity index (χ1) is 14.4. The van der Waals surface area contributed by atoms with E-state index in [4.69, 9.17) is 4.74 Å². The van der Waals surface area contributed by atoms with Gasteiger partial charge in [0, 0.05) is 35.5 Å². The zero-order chi connectivity index (χ0) is 23.0. The maximum atomic E-state index is 17.2. The Hall–Kier alpha value is -1.56. The molecule has 4 aliphatic carbocycles. The van der Waals surface area contributed by atoms with E-state index >= 15 is 4.39 Å². The summed E-state index contributed by atoms with van der Waals surface area (Å²) in [6, 6.07) is 0. The Bertz CT molecular complexity index is 866. The average molecular weight is 435 g/mol. The molecule has 6 heteroatoms. The van der Waals surface area contributed by atoms with Crippen LogP contribution in [0.25, 0.3) is 0 Å². The van der Waals surface area contributed by atoms with Crippen LogP contribution >= 0.6 is 0 Å². The van der Waals surface area contributed by atoms with Gasteiger partial charge in [0.1, 0.15) is 5.67 Å². The van der Waals surface area contributed by atoms with Gasteiger partial charge in [-0.15, -0.1) is 0 Å². The van der Waals surface area contributed by atoms with Crippen molar-refractivity contribution in [3.05, 3.63) is 11.6 Å². The summed E-state index contributed by atoms with van der Waals surface area (Å²) < 4.78 is 23.1. The number of Topliss-reactive ketones (excluding diaryl/α,β-unsaturated/α-hetero) is 1. The van der Waals surface area contributed by atoms with Crippen LogP contribution in [-0.2, 0) is 19.1 Å². The van der Waals surface area contributed by atoms with Crippen molar-refractivity contribution < 1.29 is 28.6 Å². The fourth-order valence-corrected chi connectivity index (χ4v) is 8.18. The fourth-order valence-electron chi connectivity index (χ4n) is 8.18. The molecule has 5 nitrogen and oxygen atoms in total. The highest BCUT2D eigenvalue weighted by Crippen LogP contribution is 2.71. The van der Waals surface area contributed by atoms with Crippen molar-refractivity contribution >= 4 is 17.5 Å². The molecule has 0 amide bonds. The number of aliphatic hydroxyl groups is 1. The molecule has 3 saturated carbocycles. The number of ketones is 2. The Balaban J connectivity index is 1.83. The van der Waals surface area contributed by atoms with E-state index in [1.54, 1.807) is 13.0 Å². The second kappa shape index (κ2) is 6.97. The zero-order valence-corrected chi connectivity index (χ0v) is 19.3. The minimum absolute atomic E-state index is 0.0289. The van der Waals surface area contributed by atoms with Crippen molar-refractivity contribution in [2.75, 3.05) is 0 Å². The Morgan fingerprint density at radius 3 is 2.55 bits per heavy atom. The van der Waals surface area contributed by atoms with Gasteiger partial charge in [0.25, 0.3) is 0 Å². The lowest BCUT2D eigenvalue weighted by molar-refractivity contribution is -0.234. The largest absolute Gasteiger partial charge is 0.450 e. The summed E-state index contributed by atoms with van der Waals surface area (Å²) in [4.78, 5) is 37.5. The summed E-state index contributed by atoms with van der Waals surface area (Å²) in [5.74, 6) is -1.55. The van der Waals surface area contributed by atoms with Crippen LogP contribution in [-0.4, -0.2) is 40.0 Å². The molecule has 2 unspecified atom stereocenters. The van der Waals surface area contributed by atoms with E-state index < -0.39 is 40.1 Å². The highest BCUT2D eigenvalue weighted by atomic mass is 19.1. The molecule has 0 saturated heterocycles. The van der Waals surface area contributed by atoms with Crippen LogP contribution in [0.1, 0.15) is 79.6 Å². The van der Waals surface area contributed by atoms with Gasteiger partial charge < -0.3 is 9.84 Å². The number of hydrogen-bond donors (Lipinski definition) is 1. The van der Waals surface area contributed by atoms with Gasteiger partial charge in [-0.2, -0.15) is 0 Å². The Morgan fingerprint density at radius 2 is 1.94 bits per heavy atom. The monoisotopic (exact) mass is 434 g/mol. The molecule has 0 aromatic heterocycles. The van der Waals surface area contributed by atoms with E-state index in [0.717, 1.165) is 5.57 Å². The second-order valence-electron chi connectivity index (χ2n) is 10.9. The van der Waals surface area contributed by atoms with E-state index in [1.165, 1.54) is 6.92 Å². The number of esters is 1. The molecular weight excluding hydrogens is 399 g/mol. The number of alkyl halides is 1. The van der Waals surface area contributed by atoms with E-state index in [-0.39, 0.29) is 42.7 Å². The Morgan fingerprint density at radius 1 is 1.26 bits per heavy atom. The molecule has 0 aromatic rings. The van der Waals surface area contributed by atoms with Gasteiger partial charge in [-0.05, 0) is 51.0 Å². The highest BCUT2D eigenvalue weighted by molar-refractivity contribution is 5.92. The van der Waals surface area contributed by atoms with E-state index in [9.17, 15) is 19.5 Å². The first-order valence-electron chi connectivity index (χ1n) is 11.7. The Labute approximate surface area is 183 Å². The third-order valence-electron chi connectivity index (χ3n) is 9.67. The smallest absolute Gasteiger partial charge is 0.306 e. The van der Waals surface area contributed by atoms with Crippen LogP contribution in [0.4, 0.5) is 4.39 Å². The highest BCUT2D eigenvalue weighted by Gasteiger charge is 2.76. The summed E-state index contributed by atoms with van der Waals surface area (Å²) >= 11 is 0. The van der Waals surface area contributed by atoms with Crippen molar-refractivity contribution in [1.29, 1.82) is 0 Å². The second-order valence-corrected chi connectivity index (χ2v) is 10.9. The number of fused-ring (bicyclic) bond motifs is 5. The molecule has 3 fully saturated rings. The number of halogens is 1. The molecule has 1 N–H and O–H groups in total. The molecule has 0 aromatic carbocycles. The molecule has 0 spiro atoms. The van der Waals surface area contributed by atoms with Gasteiger partial charge >= 0.3 is 5.97 Å². The maximum absolute atomic E-state index is 17.2. The lowest BCUT2D eigenvalue weighted by Crippen LogP contribution is -2.70. The molecule has 0 aliphatic heterocycles. The van der Waals surface area contributed by atoms with Crippen molar-refractivity contribution in [3.63, 3.8) is 0 Å². The lowest BCUT2D eigenvalue weighted by atomic mass is 9.43. The molecule has 172 valence electrons. The number of carbonyl (C=O) groups excluding carboxylic acids is 3. The molecular formula is C25H35FO5. The number of rotatable bonds is 3. The van der Waals surface area contributed by atoms with E-state index in [0.29, 0.717) is 25.7 Å². The summed E-state index contributed by atoms with van der Waals surface area (Å²) in [6.07, 6.45) is 2.90. The van der Waals surface area contributed by atoms with Crippen molar-refractivity contribution in [1.82, 2.24) is 0 Å². The van der Waals surface area contributed by atoms with Crippen LogP contribution < -0.4 is 0 Å². The first-order valence-corrected chi connectivity index (χ1v) is 11.7. The summed E-state index contributed by atoms with van der Waals surface area (Å²) in [7, 11) is 0. The minimum Gasteiger partial charge on any atom is -0.450 e. The number of allylic oxidation sites excluding steroid dienone is 1. The average Bonchev–Trinajstić information content (AvgIpc) is 2.91. The molecule has 0 bridgehead atoms. The SMILES string of the molecule is CCC(=O)O[C@]1(C(C)=O)C(C)C[C@H]2[C@@H]3CCC4=CC(=O)CC[C@]4(C)[C@@]3(F)C(O)C[C@@]21C. The van der Waals surface area contributed by atoms with Crippen LogP contribution in [0, 0.1) is 28.6 Å². The first kappa shape index (κ1) is 22.6. The molecule has 0 heterocycles. The van der Waals surface area contributed by atoms with Crippen LogP contribution in [0.5, 0.6) is 0 Å². The van der Waals surface area contributed by atoms with Crippen molar-refractivity contribution in [3.8, 4) is 0 Å². The third-order valence-corrected chi connectivity index (χ3v) is 9.67. The van der Waals surface area contributed by atoms with Crippen molar-refractivity contribution in [2.24, 2.45) is 28.6 Å². The van der Waals surface area contributed by atoms with Gasteiger partial charge in [-0.1, -0.05) is 33.3 Å². The molecule has 8 atom stereocenters. The number of carbonyl (C=O) groups is 3. The van der Waals surface area contributed by atoms with Crippen LogP contribution in [0.2, 0.25) is 0 Å². The van der Waals surface area contributed by atoms with Gasteiger partial charge in [0.15, 0.2) is 17.2 Å². The Kier molecular flexibility index (Phi) is 5.09. The van der Waals surface area contributed by atoms with Crippen LogP contribution in [0.15, 0.2) is 11.6 Å². The van der Waals surface area contributed by atoms with E-state index in [2.05, 4.69) is 0 Å². The predicted molar refractivity (Wildman–Crippen MR) is 113 cm³/mol. The normalized spacial score (nSPS) is 48.9. The topological polar surface area (TPSA) is 80.7 Å². The van der Waals surface area contributed by atoms with Crippen LogP contribution in [0.3, 0.4) is 0 Å². The maximum Gasteiger partial charge on any atom is 0.306 e. The molecule has 4 rings (SSSR count). The van der Waals surface area contributed by atoms with Gasteiger partial charge in [-0.3, -0.25) is 14.4 Å². The lowest BCUT2D eigenvalue weighted by Gasteiger charge is -2.63. The standard InChI is InChI=1S/C25H35FO5/c1-6-21(30)31-25(15(3)27)14(2)11-19-18-8-7-16-12-17(28)9-10-22(16,4)24(18,26)20(29)13-23(19,25)5/h12,14,18-20,29H,6-11,13H2,1-5H3/t14?,18-,19-,20?,22-,23-,24-,25-/m0/s1. The van der Waals surface area contributed by atoms with Crippen molar-refractivity contribution in [2.45, 2.75) is 96.9 Å². The van der Waals surface area contributed by atoms with Gasteiger partial charge in [0.2, 0.25) is 0 Å².